The highest BCUT2D eigenvalue weighted by molar-refractivity contribution is 6.23. The van der Waals surface area contributed by atoms with E-state index >= 15 is 0 Å². The number of carbonyl (C=O) groups is 3. The minimum absolute atomic E-state index is 0.0685. The molecule has 4 rings (SSSR count). The van der Waals surface area contributed by atoms with Crippen molar-refractivity contribution in [1.29, 1.82) is 0 Å². The number of rotatable bonds is 7. The van der Waals surface area contributed by atoms with Crippen LogP contribution in [0.25, 0.3) is 0 Å². The van der Waals surface area contributed by atoms with E-state index in [1.54, 1.807) is 24.3 Å². The molecule has 0 aliphatic carbocycles. The normalized spacial score (nSPS) is 16.5. The van der Waals surface area contributed by atoms with E-state index in [2.05, 4.69) is 0 Å². The standard InChI is InChI=1S/C27H26N2O4/c1-19-13-15-22(16-14-19)29-25(30)17-24(27(29)32)28(20(2)21-9-5-3-6-10-21)26(31)18-33-23-11-7-4-8-12-23/h3-16,20,24H,17-18H2,1-2H3. The maximum absolute atomic E-state index is 13.4. The van der Waals surface area contributed by atoms with Crippen LogP contribution in [0, 0.1) is 6.92 Å². The Kier molecular flexibility index (Phi) is 6.54. The fourth-order valence-electron chi connectivity index (χ4n) is 4.09. The first-order valence-electron chi connectivity index (χ1n) is 10.9. The SMILES string of the molecule is Cc1ccc(N2C(=O)CC(N(C(=O)COc3ccccc3)C(C)c3ccccc3)C2=O)cc1. The topological polar surface area (TPSA) is 66.9 Å². The van der Waals surface area contributed by atoms with Gasteiger partial charge in [-0.2, -0.15) is 0 Å². The zero-order valence-corrected chi connectivity index (χ0v) is 18.7. The van der Waals surface area contributed by atoms with E-state index in [0.29, 0.717) is 11.4 Å². The van der Waals surface area contributed by atoms with Crippen molar-refractivity contribution in [1.82, 2.24) is 4.90 Å². The third-order valence-corrected chi connectivity index (χ3v) is 5.84. The van der Waals surface area contributed by atoms with Crippen LogP contribution in [0.2, 0.25) is 0 Å². The Morgan fingerprint density at radius 1 is 0.970 bits per heavy atom. The molecule has 6 heteroatoms. The molecule has 168 valence electrons. The highest BCUT2D eigenvalue weighted by Crippen LogP contribution is 2.31. The van der Waals surface area contributed by atoms with Crippen LogP contribution in [0.15, 0.2) is 84.9 Å². The number of hydrogen-bond acceptors (Lipinski definition) is 4. The minimum Gasteiger partial charge on any atom is -0.484 e. The molecule has 1 fully saturated rings. The van der Waals surface area contributed by atoms with E-state index in [9.17, 15) is 14.4 Å². The molecule has 1 aliphatic heterocycles. The molecule has 33 heavy (non-hydrogen) atoms. The quantitative estimate of drug-likeness (QED) is 0.512. The van der Waals surface area contributed by atoms with E-state index in [4.69, 9.17) is 4.74 Å². The Morgan fingerprint density at radius 2 is 1.58 bits per heavy atom. The molecular formula is C27H26N2O4. The van der Waals surface area contributed by atoms with Crippen LogP contribution in [0.1, 0.15) is 30.5 Å². The summed E-state index contributed by atoms with van der Waals surface area (Å²) in [5.74, 6) is -0.518. The van der Waals surface area contributed by atoms with Gasteiger partial charge in [0.25, 0.3) is 11.8 Å². The zero-order chi connectivity index (χ0) is 23.4. The Balaban J connectivity index is 1.62. The summed E-state index contributed by atoms with van der Waals surface area (Å²) in [6, 6.07) is 24.4. The second kappa shape index (κ2) is 9.69. The largest absolute Gasteiger partial charge is 0.484 e. The number of ether oxygens (including phenoxy) is 1. The van der Waals surface area contributed by atoms with Gasteiger partial charge in [0.2, 0.25) is 5.91 Å². The molecular weight excluding hydrogens is 416 g/mol. The van der Waals surface area contributed by atoms with Gasteiger partial charge in [0.15, 0.2) is 6.61 Å². The molecule has 3 amide bonds. The van der Waals surface area contributed by atoms with Gasteiger partial charge < -0.3 is 9.64 Å². The van der Waals surface area contributed by atoms with Crippen molar-refractivity contribution in [3.8, 4) is 5.75 Å². The number of benzene rings is 3. The molecule has 6 nitrogen and oxygen atoms in total. The summed E-state index contributed by atoms with van der Waals surface area (Å²) >= 11 is 0. The molecule has 3 aromatic carbocycles. The first-order chi connectivity index (χ1) is 16.0. The summed E-state index contributed by atoms with van der Waals surface area (Å²) in [5, 5.41) is 0. The lowest BCUT2D eigenvalue weighted by molar-refractivity contribution is -0.142. The van der Waals surface area contributed by atoms with Crippen LogP contribution < -0.4 is 9.64 Å². The van der Waals surface area contributed by atoms with Gasteiger partial charge in [-0.05, 0) is 43.7 Å². The maximum atomic E-state index is 13.4. The molecule has 1 heterocycles. The summed E-state index contributed by atoms with van der Waals surface area (Å²) < 4.78 is 5.68. The number of anilines is 1. The number of hydrogen-bond donors (Lipinski definition) is 0. The van der Waals surface area contributed by atoms with Crippen LogP contribution in [-0.2, 0) is 14.4 Å². The fraction of sp³-hybridized carbons (Fsp3) is 0.222. The van der Waals surface area contributed by atoms with Crippen LogP contribution >= 0.6 is 0 Å². The van der Waals surface area contributed by atoms with Gasteiger partial charge in [-0.1, -0.05) is 66.2 Å². The van der Waals surface area contributed by atoms with Gasteiger partial charge >= 0.3 is 0 Å². The lowest BCUT2D eigenvalue weighted by Crippen LogP contribution is -2.48. The highest BCUT2D eigenvalue weighted by atomic mass is 16.5. The number of imide groups is 1. The zero-order valence-electron chi connectivity index (χ0n) is 18.7. The average Bonchev–Trinajstić information content (AvgIpc) is 3.13. The van der Waals surface area contributed by atoms with E-state index in [1.165, 1.54) is 9.80 Å². The Bertz CT molecular complexity index is 1130. The monoisotopic (exact) mass is 442 g/mol. The summed E-state index contributed by atoms with van der Waals surface area (Å²) in [7, 11) is 0. The van der Waals surface area contributed by atoms with Crippen molar-refractivity contribution in [2.45, 2.75) is 32.4 Å². The van der Waals surface area contributed by atoms with Crippen LogP contribution in [-0.4, -0.2) is 35.3 Å². The third-order valence-electron chi connectivity index (χ3n) is 5.84. The van der Waals surface area contributed by atoms with Gasteiger partial charge in [-0.15, -0.1) is 0 Å². The molecule has 0 spiro atoms. The number of nitrogens with zero attached hydrogens (tertiary/aromatic N) is 2. The lowest BCUT2D eigenvalue weighted by atomic mass is 10.0. The number of carbonyl (C=O) groups excluding carboxylic acids is 3. The Labute approximate surface area is 193 Å². The van der Waals surface area contributed by atoms with Crippen molar-refractivity contribution in [2.24, 2.45) is 0 Å². The third kappa shape index (κ3) is 4.80. The van der Waals surface area contributed by atoms with Gasteiger partial charge in [0.05, 0.1) is 18.2 Å². The van der Waals surface area contributed by atoms with E-state index in [-0.39, 0.29) is 24.8 Å². The van der Waals surface area contributed by atoms with Gasteiger partial charge in [-0.3, -0.25) is 14.4 Å². The number of para-hydroxylation sites is 1. The van der Waals surface area contributed by atoms with E-state index in [0.717, 1.165) is 11.1 Å². The van der Waals surface area contributed by atoms with Gasteiger partial charge in [0.1, 0.15) is 11.8 Å². The molecule has 2 atom stereocenters. The van der Waals surface area contributed by atoms with E-state index < -0.39 is 18.0 Å². The summed E-state index contributed by atoms with van der Waals surface area (Å²) in [4.78, 5) is 42.4. The summed E-state index contributed by atoms with van der Waals surface area (Å²) in [6.45, 7) is 3.57. The molecule has 0 N–H and O–H groups in total. The fourth-order valence-corrected chi connectivity index (χ4v) is 4.09. The first-order valence-corrected chi connectivity index (χ1v) is 10.9. The Hall–Kier alpha value is -3.93. The van der Waals surface area contributed by atoms with Crippen molar-refractivity contribution in [2.75, 3.05) is 11.5 Å². The van der Waals surface area contributed by atoms with Crippen molar-refractivity contribution < 1.29 is 19.1 Å². The maximum Gasteiger partial charge on any atom is 0.261 e. The van der Waals surface area contributed by atoms with Crippen LogP contribution in [0.3, 0.4) is 0 Å². The molecule has 1 saturated heterocycles. The molecule has 1 aliphatic rings. The number of amides is 3. The molecule has 0 aromatic heterocycles. The lowest BCUT2D eigenvalue weighted by Gasteiger charge is -2.33. The van der Waals surface area contributed by atoms with Crippen molar-refractivity contribution in [3.63, 3.8) is 0 Å². The summed E-state index contributed by atoms with van der Waals surface area (Å²) in [6.07, 6.45) is -0.0685. The summed E-state index contributed by atoms with van der Waals surface area (Å²) in [5.41, 5.74) is 2.42. The molecule has 0 radical (unpaired) electrons. The van der Waals surface area contributed by atoms with Crippen molar-refractivity contribution >= 4 is 23.4 Å². The predicted octanol–water partition coefficient (Wildman–Crippen LogP) is 4.30. The van der Waals surface area contributed by atoms with Gasteiger partial charge in [-0.25, -0.2) is 4.90 Å². The van der Waals surface area contributed by atoms with Crippen molar-refractivity contribution in [3.05, 3.63) is 96.1 Å². The second-order valence-corrected chi connectivity index (χ2v) is 8.11. The van der Waals surface area contributed by atoms with Gasteiger partial charge in [0, 0.05) is 0 Å². The predicted molar refractivity (Wildman–Crippen MR) is 126 cm³/mol. The first kappa shape index (κ1) is 22.3. The van der Waals surface area contributed by atoms with Crippen LogP contribution in [0.4, 0.5) is 5.69 Å². The van der Waals surface area contributed by atoms with E-state index in [1.807, 2.05) is 74.5 Å². The second-order valence-electron chi connectivity index (χ2n) is 8.11. The smallest absolute Gasteiger partial charge is 0.261 e. The van der Waals surface area contributed by atoms with Crippen LogP contribution in [0.5, 0.6) is 5.75 Å². The molecule has 0 bridgehead atoms. The Morgan fingerprint density at radius 3 is 2.21 bits per heavy atom. The number of aryl methyl sites for hydroxylation is 1. The molecule has 2 unspecified atom stereocenters. The minimum atomic E-state index is -0.902. The molecule has 3 aromatic rings. The highest BCUT2D eigenvalue weighted by Gasteiger charge is 2.46. The average molecular weight is 443 g/mol. The molecule has 0 saturated carbocycles.